The molecule has 0 saturated heterocycles. The zero-order chi connectivity index (χ0) is 18.0. The molecule has 0 saturated carbocycles. The molecule has 0 aliphatic carbocycles. The van der Waals surface area contributed by atoms with Crippen molar-refractivity contribution in [2.24, 2.45) is 0 Å². The smallest absolute Gasteiger partial charge is 0.270 e. The van der Waals surface area contributed by atoms with Crippen LogP contribution in [0.4, 0.5) is 17.1 Å². The zero-order valence-electron chi connectivity index (χ0n) is 13.9. The number of hydrazine groups is 1. The second-order valence-electron chi connectivity index (χ2n) is 5.90. The summed E-state index contributed by atoms with van der Waals surface area (Å²) in [5.41, 5.74) is 4.53. The van der Waals surface area contributed by atoms with E-state index in [-0.39, 0.29) is 11.6 Å². The van der Waals surface area contributed by atoms with Gasteiger partial charge in [0.1, 0.15) is 0 Å². The molecule has 1 aliphatic heterocycles. The first kappa shape index (κ1) is 17.2. The second-order valence-corrected chi connectivity index (χ2v) is 6.99. The molecule has 2 aromatic carbocycles. The zero-order valence-corrected chi connectivity index (χ0v) is 14.7. The predicted octanol–water partition coefficient (Wildman–Crippen LogP) is 3.18. The normalized spacial score (nSPS) is 12.5. The number of carbonyl (C=O) groups excluding carboxylic acids is 1. The van der Waals surface area contributed by atoms with Crippen LogP contribution in [0.2, 0.25) is 0 Å². The van der Waals surface area contributed by atoms with Gasteiger partial charge in [-0.05, 0) is 32.3 Å². The Kier molecular flexibility index (Phi) is 4.91. The van der Waals surface area contributed by atoms with Crippen LogP contribution in [0.1, 0.15) is 6.42 Å². The number of nitrogens with one attached hydrogen (secondary N) is 1. The third kappa shape index (κ3) is 3.75. The minimum Gasteiger partial charge on any atom is -0.309 e. The number of nitrogens with zero attached hydrogens (tertiary/aromatic N) is 3. The highest BCUT2D eigenvalue weighted by Crippen LogP contribution is 2.48. The standard InChI is InChI=1S/C17H18N4O3S/c1-19(2)10-9-17(22)18-20-13-5-3-4-6-15(13)25-16-11-12(21(23)24)7-8-14(16)20/h3-8,11H,9-10H2,1-2H3,(H,18,22). The number of nitro groups is 1. The molecule has 25 heavy (non-hydrogen) atoms. The highest BCUT2D eigenvalue weighted by atomic mass is 32.2. The third-order valence-electron chi connectivity index (χ3n) is 3.74. The number of carbonyl (C=O) groups is 1. The minimum absolute atomic E-state index is 0.0320. The molecular weight excluding hydrogens is 340 g/mol. The number of hydrogen-bond acceptors (Lipinski definition) is 6. The molecular formula is C17H18N4O3S. The number of para-hydroxylation sites is 1. The monoisotopic (exact) mass is 358 g/mol. The van der Waals surface area contributed by atoms with E-state index < -0.39 is 4.92 Å². The van der Waals surface area contributed by atoms with Gasteiger partial charge in [0.2, 0.25) is 5.91 Å². The Balaban J connectivity index is 1.94. The summed E-state index contributed by atoms with van der Waals surface area (Å²) < 4.78 is 0. The van der Waals surface area contributed by atoms with Gasteiger partial charge in [-0.3, -0.25) is 25.3 Å². The molecule has 0 unspecified atom stereocenters. The molecule has 7 nitrogen and oxygen atoms in total. The molecule has 130 valence electrons. The van der Waals surface area contributed by atoms with Crippen molar-refractivity contribution in [3.8, 4) is 0 Å². The molecule has 0 bridgehead atoms. The van der Waals surface area contributed by atoms with E-state index in [0.717, 1.165) is 21.2 Å². The van der Waals surface area contributed by atoms with Crippen molar-refractivity contribution in [2.45, 2.75) is 16.2 Å². The Morgan fingerprint density at radius 3 is 2.64 bits per heavy atom. The fourth-order valence-corrected chi connectivity index (χ4v) is 3.58. The van der Waals surface area contributed by atoms with Crippen molar-refractivity contribution in [3.05, 3.63) is 52.6 Å². The van der Waals surface area contributed by atoms with E-state index in [1.54, 1.807) is 11.1 Å². The Labute approximate surface area is 149 Å². The first-order valence-corrected chi connectivity index (χ1v) is 8.57. The lowest BCUT2D eigenvalue weighted by Crippen LogP contribution is -2.41. The summed E-state index contributed by atoms with van der Waals surface area (Å²) in [6, 6.07) is 12.3. The minimum atomic E-state index is -0.415. The van der Waals surface area contributed by atoms with Gasteiger partial charge in [-0.2, -0.15) is 0 Å². The summed E-state index contributed by atoms with van der Waals surface area (Å²) in [7, 11) is 3.82. The molecule has 0 radical (unpaired) electrons. The van der Waals surface area contributed by atoms with Crippen LogP contribution in [-0.4, -0.2) is 36.4 Å². The number of anilines is 2. The van der Waals surface area contributed by atoms with Crippen LogP contribution in [0, 0.1) is 10.1 Å². The van der Waals surface area contributed by atoms with Crippen molar-refractivity contribution < 1.29 is 9.72 Å². The van der Waals surface area contributed by atoms with Crippen LogP contribution < -0.4 is 10.4 Å². The number of non-ortho nitro benzene ring substituents is 1. The quantitative estimate of drug-likeness (QED) is 0.653. The molecule has 3 rings (SSSR count). The third-order valence-corrected chi connectivity index (χ3v) is 4.86. The molecule has 0 spiro atoms. The highest BCUT2D eigenvalue weighted by Gasteiger charge is 2.26. The summed E-state index contributed by atoms with van der Waals surface area (Å²) in [6.07, 6.45) is 0.362. The number of benzene rings is 2. The Morgan fingerprint density at radius 1 is 1.20 bits per heavy atom. The van der Waals surface area contributed by atoms with E-state index in [1.807, 2.05) is 43.3 Å². The van der Waals surface area contributed by atoms with Gasteiger partial charge in [-0.25, -0.2) is 0 Å². The van der Waals surface area contributed by atoms with Gasteiger partial charge >= 0.3 is 0 Å². The van der Waals surface area contributed by atoms with Gasteiger partial charge in [0, 0.05) is 34.9 Å². The van der Waals surface area contributed by atoms with Gasteiger partial charge in [0.15, 0.2) is 0 Å². The van der Waals surface area contributed by atoms with E-state index in [1.165, 1.54) is 23.9 Å². The topological polar surface area (TPSA) is 78.7 Å². The number of nitro benzene ring substituents is 1. The fraction of sp³-hybridized carbons (Fsp3) is 0.235. The average molecular weight is 358 g/mol. The van der Waals surface area contributed by atoms with Crippen molar-refractivity contribution in [1.82, 2.24) is 10.3 Å². The Morgan fingerprint density at radius 2 is 1.92 bits per heavy atom. The second kappa shape index (κ2) is 7.12. The molecule has 0 atom stereocenters. The van der Waals surface area contributed by atoms with Crippen LogP contribution in [0.5, 0.6) is 0 Å². The summed E-state index contributed by atoms with van der Waals surface area (Å²) in [4.78, 5) is 26.6. The summed E-state index contributed by atoms with van der Waals surface area (Å²) >= 11 is 1.46. The maximum Gasteiger partial charge on any atom is 0.270 e. The first-order chi connectivity index (χ1) is 12.0. The Bertz CT molecular complexity index is 825. The maximum absolute atomic E-state index is 12.3. The summed E-state index contributed by atoms with van der Waals surface area (Å²) in [6.45, 7) is 0.642. The number of hydrogen-bond donors (Lipinski definition) is 1. The SMILES string of the molecule is CN(C)CCC(=O)NN1c2ccccc2Sc2cc([N+](=O)[O-])ccc21. The van der Waals surface area contributed by atoms with Crippen LogP contribution in [0.25, 0.3) is 0 Å². The van der Waals surface area contributed by atoms with E-state index in [9.17, 15) is 14.9 Å². The van der Waals surface area contributed by atoms with Crippen LogP contribution >= 0.6 is 11.8 Å². The fourth-order valence-electron chi connectivity index (χ4n) is 2.49. The molecule has 1 heterocycles. The van der Waals surface area contributed by atoms with Crippen molar-refractivity contribution in [3.63, 3.8) is 0 Å². The summed E-state index contributed by atoms with van der Waals surface area (Å²) in [5.74, 6) is -0.111. The molecule has 1 amide bonds. The molecule has 8 heteroatoms. The number of amides is 1. The first-order valence-electron chi connectivity index (χ1n) is 7.75. The largest absolute Gasteiger partial charge is 0.309 e. The number of rotatable bonds is 5. The van der Waals surface area contributed by atoms with E-state index in [2.05, 4.69) is 5.43 Å². The lowest BCUT2D eigenvalue weighted by Gasteiger charge is -2.32. The molecule has 1 N–H and O–H groups in total. The Hall–Kier alpha value is -2.58. The van der Waals surface area contributed by atoms with Gasteiger partial charge in [0.05, 0.1) is 16.3 Å². The lowest BCUT2D eigenvalue weighted by atomic mass is 10.2. The number of fused-ring (bicyclic) bond motifs is 2. The van der Waals surface area contributed by atoms with Gasteiger partial charge in [0.25, 0.3) is 5.69 Å². The van der Waals surface area contributed by atoms with E-state index in [0.29, 0.717) is 13.0 Å². The van der Waals surface area contributed by atoms with Gasteiger partial charge < -0.3 is 4.90 Å². The molecule has 0 fully saturated rings. The van der Waals surface area contributed by atoms with Crippen molar-refractivity contribution in [1.29, 1.82) is 0 Å². The lowest BCUT2D eigenvalue weighted by molar-refractivity contribution is -0.385. The van der Waals surface area contributed by atoms with Crippen LogP contribution in [-0.2, 0) is 4.79 Å². The maximum atomic E-state index is 12.3. The van der Waals surface area contributed by atoms with Crippen LogP contribution in [0.15, 0.2) is 52.3 Å². The molecule has 0 aromatic heterocycles. The van der Waals surface area contributed by atoms with Crippen molar-refractivity contribution in [2.75, 3.05) is 25.6 Å². The van der Waals surface area contributed by atoms with Gasteiger partial charge in [-0.1, -0.05) is 23.9 Å². The molecule has 2 aromatic rings. The van der Waals surface area contributed by atoms with Gasteiger partial charge in [-0.15, -0.1) is 0 Å². The van der Waals surface area contributed by atoms with E-state index in [4.69, 9.17) is 0 Å². The average Bonchev–Trinajstić information content (AvgIpc) is 2.59. The predicted molar refractivity (Wildman–Crippen MR) is 97.1 cm³/mol. The highest BCUT2D eigenvalue weighted by molar-refractivity contribution is 7.99. The summed E-state index contributed by atoms with van der Waals surface area (Å²) in [5, 5.41) is 12.8. The molecule has 1 aliphatic rings. The van der Waals surface area contributed by atoms with Crippen molar-refractivity contribution >= 4 is 34.7 Å². The van der Waals surface area contributed by atoms with Crippen LogP contribution in [0.3, 0.4) is 0 Å². The van der Waals surface area contributed by atoms with E-state index >= 15 is 0 Å².